The molecule has 0 spiro atoms. The van der Waals surface area contributed by atoms with Gasteiger partial charge in [-0.05, 0) is 42.3 Å². The Kier molecular flexibility index (Phi) is 6.60. The summed E-state index contributed by atoms with van der Waals surface area (Å²) in [5.41, 5.74) is 2.50. The second-order valence-corrected chi connectivity index (χ2v) is 5.42. The number of halogens is 1. The summed E-state index contributed by atoms with van der Waals surface area (Å²) in [6, 6.07) is 10.6. The van der Waals surface area contributed by atoms with Crippen LogP contribution in [-0.4, -0.2) is 23.6 Å². The van der Waals surface area contributed by atoms with E-state index in [1.54, 1.807) is 30.3 Å². The highest BCUT2D eigenvalue weighted by Gasteiger charge is 2.09. The first-order chi connectivity index (χ1) is 11.6. The van der Waals surface area contributed by atoms with Crippen LogP contribution in [-0.2, 0) is 4.79 Å². The van der Waals surface area contributed by atoms with Crippen LogP contribution in [0.1, 0.15) is 34.7 Å². The number of rotatable bonds is 7. The lowest BCUT2D eigenvalue weighted by molar-refractivity contribution is -0.129. The van der Waals surface area contributed by atoms with Gasteiger partial charge in [0, 0.05) is 18.0 Å². The summed E-state index contributed by atoms with van der Waals surface area (Å²) >= 11 is 5.82. The molecule has 2 amide bonds. The van der Waals surface area contributed by atoms with E-state index in [1.165, 1.54) is 5.48 Å². The Balaban J connectivity index is 1.84. The highest BCUT2D eigenvalue weighted by atomic mass is 35.5. The molecule has 0 radical (unpaired) electrons. The van der Waals surface area contributed by atoms with Crippen molar-refractivity contribution < 1.29 is 19.2 Å². The van der Waals surface area contributed by atoms with Crippen LogP contribution >= 0.6 is 11.6 Å². The highest BCUT2D eigenvalue weighted by Crippen LogP contribution is 2.14. The van der Waals surface area contributed by atoms with E-state index in [9.17, 15) is 9.59 Å². The van der Waals surface area contributed by atoms with Gasteiger partial charge in [0.05, 0.1) is 0 Å². The molecule has 3 N–H and O–H groups in total. The summed E-state index contributed by atoms with van der Waals surface area (Å²) in [5.74, 6) is -0.102. The minimum absolute atomic E-state index is 0.129. The number of furan rings is 1. The number of hydroxylamine groups is 1. The third-order valence-corrected chi connectivity index (χ3v) is 3.40. The molecule has 0 aliphatic carbocycles. The first-order valence-electron chi connectivity index (χ1n) is 7.33. The molecular weight excluding hydrogens is 332 g/mol. The minimum atomic E-state index is -0.489. The van der Waals surface area contributed by atoms with Crippen LogP contribution < -0.4 is 10.8 Å². The SMILES string of the molecule is O=C(CCCNC(=O)c1ccc(C=Cc2ccc(Cl)cc2)o1)NO. The molecule has 0 saturated heterocycles. The summed E-state index contributed by atoms with van der Waals surface area (Å²) in [7, 11) is 0. The summed E-state index contributed by atoms with van der Waals surface area (Å²) in [6.07, 6.45) is 4.15. The third-order valence-electron chi connectivity index (χ3n) is 3.15. The van der Waals surface area contributed by atoms with Gasteiger partial charge < -0.3 is 9.73 Å². The Hall–Kier alpha value is -2.57. The van der Waals surface area contributed by atoms with Gasteiger partial charge in [-0.1, -0.05) is 29.8 Å². The zero-order chi connectivity index (χ0) is 17.4. The number of benzene rings is 1. The number of hydrogen-bond donors (Lipinski definition) is 3. The zero-order valence-electron chi connectivity index (χ0n) is 12.8. The van der Waals surface area contributed by atoms with Crippen molar-refractivity contribution in [2.24, 2.45) is 0 Å². The van der Waals surface area contributed by atoms with Crippen molar-refractivity contribution in [3.63, 3.8) is 0 Å². The Morgan fingerprint density at radius 2 is 1.88 bits per heavy atom. The van der Waals surface area contributed by atoms with E-state index in [-0.39, 0.29) is 18.1 Å². The van der Waals surface area contributed by atoms with Crippen LogP contribution in [0.2, 0.25) is 5.02 Å². The molecule has 7 heteroatoms. The average molecular weight is 349 g/mol. The molecule has 2 rings (SSSR count). The summed E-state index contributed by atoms with van der Waals surface area (Å²) in [6.45, 7) is 0.308. The molecule has 1 aromatic heterocycles. The fourth-order valence-corrected chi connectivity index (χ4v) is 2.04. The van der Waals surface area contributed by atoms with E-state index >= 15 is 0 Å². The molecule has 2 aromatic rings. The first kappa shape index (κ1) is 17.8. The van der Waals surface area contributed by atoms with E-state index in [1.807, 2.05) is 18.2 Å². The van der Waals surface area contributed by atoms with Gasteiger partial charge in [-0.25, -0.2) is 5.48 Å². The maximum Gasteiger partial charge on any atom is 0.287 e. The predicted octanol–water partition coefficient (Wildman–Crippen LogP) is 3.12. The number of hydrogen-bond acceptors (Lipinski definition) is 4. The van der Waals surface area contributed by atoms with Crippen LogP contribution in [0.15, 0.2) is 40.8 Å². The predicted molar refractivity (Wildman–Crippen MR) is 90.6 cm³/mol. The Morgan fingerprint density at radius 1 is 1.12 bits per heavy atom. The van der Waals surface area contributed by atoms with Crippen LogP contribution in [0.3, 0.4) is 0 Å². The van der Waals surface area contributed by atoms with Gasteiger partial charge in [0.25, 0.3) is 5.91 Å². The zero-order valence-corrected chi connectivity index (χ0v) is 13.5. The molecule has 0 aliphatic heterocycles. The standard InChI is InChI=1S/C17H17ClN2O4/c18-13-6-3-12(4-7-13)5-8-14-9-10-15(24-14)17(22)19-11-1-2-16(21)20-23/h3-10,23H,1-2,11H2,(H,19,22)(H,20,21). The van der Waals surface area contributed by atoms with Gasteiger partial charge in [0.15, 0.2) is 5.76 Å². The fourth-order valence-electron chi connectivity index (χ4n) is 1.91. The summed E-state index contributed by atoms with van der Waals surface area (Å²) in [4.78, 5) is 22.7. The molecule has 126 valence electrons. The van der Waals surface area contributed by atoms with Crippen LogP contribution in [0.5, 0.6) is 0 Å². The number of carbonyl (C=O) groups is 2. The molecule has 1 heterocycles. The van der Waals surface area contributed by atoms with E-state index in [0.717, 1.165) is 5.56 Å². The monoisotopic (exact) mass is 348 g/mol. The summed E-state index contributed by atoms with van der Waals surface area (Å²) < 4.78 is 5.45. The molecule has 0 aliphatic rings. The van der Waals surface area contributed by atoms with Crippen molar-refractivity contribution in [1.29, 1.82) is 0 Å². The quantitative estimate of drug-likeness (QED) is 0.407. The highest BCUT2D eigenvalue weighted by molar-refractivity contribution is 6.30. The molecule has 24 heavy (non-hydrogen) atoms. The Labute approximate surface area is 144 Å². The van der Waals surface area contributed by atoms with Crippen LogP contribution in [0, 0.1) is 0 Å². The number of amides is 2. The van der Waals surface area contributed by atoms with Crippen molar-refractivity contribution in [1.82, 2.24) is 10.8 Å². The number of nitrogens with one attached hydrogen (secondary N) is 2. The van der Waals surface area contributed by atoms with Crippen LogP contribution in [0.25, 0.3) is 12.2 Å². The lowest BCUT2D eigenvalue weighted by Gasteiger charge is -2.02. The van der Waals surface area contributed by atoms with Crippen molar-refractivity contribution >= 4 is 35.6 Å². The molecule has 0 fully saturated rings. The third kappa shape index (κ3) is 5.57. The maximum atomic E-state index is 11.9. The van der Waals surface area contributed by atoms with Crippen molar-refractivity contribution in [3.05, 3.63) is 58.5 Å². The second kappa shape index (κ2) is 8.90. The van der Waals surface area contributed by atoms with Gasteiger partial charge in [0.2, 0.25) is 5.91 Å². The molecule has 0 atom stereocenters. The molecule has 0 saturated carbocycles. The largest absolute Gasteiger partial charge is 0.452 e. The van der Waals surface area contributed by atoms with Crippen molar-refractivity contribution in [2.75, 3.05) is 6.54 Å². The van der Waals surface area contributed by atoms with Gasteiger partial charge in [-0.3, -0.25) is 14.8 Å². The maximum absolute atomic E-state index is 11.9. The fraction of sp³-hybridized carbons (Fsp3) is 0.176. The topological polar surface area (TPSA) is 91.6 Å². The van der Waals surface area contributed by atoms with Crippen molar-refractivity contribution in [3.8, 4) is 0 Å². The van der Waals surface area contributed by atoms with Gasteiger partial charge >= 0.3 is 0 Å². The second-order valence-electron chi connectivity index (χ2n) is 4.98. The molecular formula is C17H17ClN2O4. The van der Waals surface area contributed by atoms with Gasteiger partial charge in [-0.15, -0.1) is 0 Å². The summed E-state index contributed by atoms with van der Waals surface area (Å²) in [5, 5.41) is 11.7. The molecule has 0 unspecified atom stereocenters. The number of carbonyl (C=O) groups excluding carboxylic acids is 2. The van der Waals surface area contributed by atoms with Gasteiger partial charge in [-0.2, -0.15) is 0 Å². The average Bonchev–Trinajstić information content (AvgIpc) is 3.07. The van der Waals surface area contributed by atoms with Crippen LogP contribution in [0.4, 0.5) is 0 Å². The van der Waals surface area contributed by atoms with E-state index in [2.05, 4.69) is 5.32 Å². The Bertz CT molecular complexity index is 722. The van der Waals surface area contributed by atoms with E-state index < -0.39 is 5.91 Å². The Morgan fingerprint density at radius 3 is 2.58 bits per heavy atom. The minimum Gasteiger partial charge on any atom is -0.452 e. The lowest BCUT2D eigenvalue weighted by atomic mass is 10.2. The smallest absolute Gasteiger partial charge is 0.287 e. The molecule has 1 aromatic carbocycles. The van der Waals surface area contributed by atoms with Crippen molar-refractivity contribution in [2.45, 2.75) is 12.8 Å². The molecule has 6 nitrogen and oxygen atoms in total. The first-order valence-corrected chi connectivity index (χ1v) is 7.71. The normalized spacial score (nSPS) is 10.8. The van der Waals surface area contributed by atoms with E-state index in [4.69, 9.17) is 21.2 Å². The van der Waals surface area contributed by atoms with Gasteiger partial charge in [0.1, 0.15) is 5.76 Å². The molecule has 0 bridgehead atoms. The van der Waals surface area contributed by atoms with E-state index in [0.29, 0.717) is 23.7 Å². The lowest BCUT2D eigenvalue weighted by Crippen LogP contribution is -2.26.